The van der Waals surface area contributed by atoms with Crippen LogP contribution in [-0.4, -0.2) is 40.6 Å². The second kappa shape index (κ2) is 7.55. The first-order chi connectivity index (χ1) is 14.0. The average Bonchev–Trinajstić information content (AvgIpc) is 3.25. The topological polar surface area (TPSA) is 69.7 Å². The van der Waals surface area contributed by atoms with Crippen molar-refractivity contribution in [2.24, 2.45) is 0 Å². The van der Waals surface area contributed by atoms with Gasteiger partial charge in [-0.05, 0) is 56.7 Å². The number of amides is 3. The molecule has 1 fully saturated rings. The van der Waals surface area contributed by atoms with Gasteiger partial charge in [0.05, 0.1) is 5.69 Å². The van der Waals surface area contributed by atoms with Crippen LogP contribution < -0.4 is 10.2 Å². The SMILES string of the molecule is CCN(CC)C(=O)c1ccc(NC(=O)C23CCC(=O)N2c2ccccc2S3)cc1. The van der Waals surface area contributed by atoms with Crippen molar-refractivity contribution >= 4 is 40.9 Å². The second-order valence-electron chi connectivity index (χ2n) is 7.09. The van der Waals surface area contributed by atoms with Crippen molar-refractivity contribution < 1.29 is 14.4 Å². The minimum Gasteiger partial charge on any atom is -0.339 e. The first-order valence-electron chi connectivity index (χ1n) is 9.82. The molecule has 2 aromatic rings. The summed E-state index contributed by atoms with van der Waals surface area (Å²) in [5, 5.41) is 2.95. The number of carbonyl (C=O) groups excluding carboxylic acids is 3. The van der Waals surface area contributed by atoms with Crippen molar-refractivity contribution in [1.82, 2.24) is 4.90 Å². The Morgan fingerprint density at radius 3 is 2.48 bits per heavy atom. The van der Waals surface area contributed by atoms with Crippen LogP contribution in [-0.2, 0) is 9.59 Å². The largest absolute Gasteiger partial charge is 0.339 e. The molecule has 0 saturated carbocycles. The summed E-state index contributed by atoms with van der Waals surface area (Å²) in [5.74, 6) is -0.272. The van der Waals surface area contributed by atoms with Crippen molar-refractivity contribution in [3.8, 4) is 0 Å². The summed E-state index contributed by atoms with van der Waals surface area (Å²) in [5.41, 5.74) is 2.00. The highest BCUT2D eigenvalue weighted by atomic mass is 32.2. The van der Waals surface area contributed by atoms with Gasteiger partial charge in [0.1, 0.15) is 0 Å². The summed E-state index contributed by atoms with van der Waals surface area (Å²) in [6.45, 7) is 5.19. The van der Waals surface area contributed by atoms with Crippen LogP contribution >= 0.6 is 11.8 Å². The average molecular weight is 410 g/mol. The summed E-state index contributed by atoms with van der Waals surface area (Å²) >= 11 is 1.44. The molecule has 4 rings (SSSR count). The standard InChI is InChI=1S/C22H23N3O3S/c1-3-24(4-2)20(27)15-9-11-16(12-10-15)23-21(28)22-14-13-19(26)25(22)17-7-5-6-8-18(17)29-22/h5-12H,3-4,13-14H2,1-2H3,(H,23,28). The van der Waals surface area contributed by atoms with Gasteiger partial charge in [0.2, 0.25) is 5.91 Å². The summed E-state index contributed by atoms with van der Waals surface area (Å²) < 4.78 is 0. The number of fused-ring (bicyclic) bond motifs is 3. The van der Waals surface area contributed by atoms with Crippen molar-refractivity contribution in [2.45, 2.75) is 36.5 Å². The van der Waals surface area contributed by atoms with Gasteiger partial charge in [0, 0.05) is 35.7 Å². The van der Waals surface area contributed by atoms with E-state index in [0.717, 1.165) is 10.6 Å². The molecule has 150 valence electrons. The molecule has 7 heteroatoms. The molecule has 1 saturated heterocycles. The summed E-state index contributed by atoms with van der Waals surface area (Å²) in [6, 6.07) is 14.5. The molecule has 1 N–H and O–H groups in total. The third-order valence-corrected chi connectivity index (χ3v) is 6.94. The minimum atomic E-state index is -0.948. The lowest BCUT2D eigenvalue weighted by Crippen LogP contribution is -2.49. The van der Waals surface area contributed by atoms with Gasteiger partial charge in [-0.1, -0.05) is 23.9 Å². The molecule has 2 aliphatic heterocycles. The lowest BCUT2D eigenvalue weighted by Gasteiger charge is -2.29. The van der Waals surface area contributed by atoms with Crippen LogP contribution in [0.5, 0.6) is 0 Å². The van der Waals surface area contributed by atoms with Crippen LogP contribution in [0.25, 0.3) is 0 Å². The molecule has 0 aromatic heterocycles. The molecule has 0 spiro atoms. The van der Waals surface area contributed by atoms with E-state index in [2.05, 4.69) is 5.32 Å². The van der Waals surface area contributed by atoms with Crippen LogP contribution in [0.4, 0.5) is 11.4 Å². The molecular weight excluding hydrogens is 386 g/mol. The van der Waals surface area contributed by atoms with E-state index in [9.17, 15) is 14.4 Å². The fourth-order valence-electron chi connectivity index (χ4n) is 3.92. The number of nitrogens with zero attached hydrogens (tertiary/aromatic N) is 2. The maximum atomic E-state index is 13.3. The van der Waals surface area contributed by atoms with Crippen LogP contribution in [0.15, 0.2) is 53.4 Å². The molecule has 3 amide bonds. The maximum Gasteiger partial charge on any atom is 0.261 e. The zero-order valence-corrected chi connectivity index (χ0v) is 17.3. The third kappa shape index (κ3) is 3.19. The van der Waals surface area contributed by atoms with Gasteiger partial charge < -0.3 is 10.2 Å². The Kier molecular flexibility index (Phi) is 5.08. The van der Waals surface area contributed by atoms with E-state index in [-0.39, 0.29) is 17.7 Å². The molecule has 2 aliphatic rings. The highest BCUT2D eigenvalue weighted by Crippen LogP contribution is 2.55. The lowest BCUT2D eigenvalue weighted by atomic mass is 10.1. The predicted octanol–water partition coefficient (Wildman–Crippen LogP) is 3.74. The molecule has 2 aromatic carbocycles. The molecule has 1 unspecified atom stereocenters. The van der Waals surface area contributed by atoms with Crippen LogP contribution in [0.3, 0.4) is 0 Å². The molecule has 1 atom stereocenters. The number of para-hydroxylation sites is 1. The van der Waals surface area contributed by atoms with Gasteiger partial charge in [-0.3, -0.25) is 19.3 Å². The lowest BCUT2D eigenvalue weighted by molar-refractivity contribution is -0.121. The maximum absolute atomic E-state index is 13.3. The van der Waals surface area contributed by atoms with E-state index in [1.807, 2.05) is 38.1 Å². The number of hydrogen-bond acceptors (Lipinski definition) is 4. The van der Waals surface area contributed by atoms with Gasteiger partial charge in [0.25, 0.3) is 11.8 Å². The van der Waals surface area contributed by atoms with E-state index in [1.54, 1.807) is 34.1 Å². The summed E-state index contributed by atoms with van der Waals surface area (Å²) in [7, 11) is 0. The predicted molar refractivity (Wildman–Crippen MR) is 114 cm³/mol. The van der Waals surface area contributed by atoms with Gasteiger partial charge in [-0.15, -0.1) is 0 Å². The van der Waals surface area contributed by atoms with Crippen molar-refractivity contribution in [3.63, 3.8) is 0 Å². The van der Waals surface area contributed by atoms with Crippen molar-refractivity contribution in [1.29, 1.82) is 0 Å². The third-order valence-electron chi connectivity index (χ3n) is 5.47. The Balaban J connectivity index is 1.54. The van der Waals surface area contributed by atoms with Gasteiger partial charge in [-0.2, -0.15) is 0 Å². The van der Waals surface area contributed by atoms with Crippen molar-refractivity contribution in [2.75, 3.05) is 23.3 Å². The Bertz CT molecular complexity index is 972. The Hall–Kier alpha value is -2.80. The van der Waals surface area contributed by atoms with Gasteiger partial charge >= 0.3 is 0 Å². The molecule has 0 aliphatic carbocycles. The molecule has 0 bridgehead atoms. The number of thioether (sulfide) groups is 1. The summed E-state index contributed by atoms with van der Waals surface area (Å²) in [6.07, 6.45) is 0.821. The van der Waals surface area contributed by atoms with E-state index in [0.29, 0.717) is 37.2 Å². The van der Waals surface area contributed by atoms with Gasteiger partial charge in [0.15, 0.2) is 4.87 Å². The molecule has 0 radical (unpaired) electrons. The summed E-state index contributed by atoms with van der Waals surface area (Å²) in [4.78, 5) is 41.6. The zero-order chi connectivity index (χ0) is 20.6. The monoisotopic (exact) mass is 409 g/mol. The van der Waals surface area contributed by atoms with Crippen LogP contribution in [0.1, 0.15) is 37.0 Å². The van der Waals surface area contributed by atoms with Crippen LogP contribution in [0, 0.1) is 0 Å². The molecule has 6 nitrogen and oxygen atoms in total. The number of carbonyl (C=O) groups is 3. The quantitative estimate of drug-likeness (QED) is 0.817. The Labute approximate surface area is 174 Å². The normalized spacial score (nSPS) is 19.7. The molecular formula is C22H23N3O3S. The van der Waals surface area contributed by atoms with Gasteiger partial charge in [-0.25, -0.2) is 0 Å². The van der Waals surface area contributed by atoms with E-state index >= 15 is 0 Å². The van der Waals surface area contributed by atoms with E-state index < -0.39 is 4.87 Å². The first-order valence-corrected chi connectivity index (χ1v) is 10.6. The fraction of sp³-hybridized carbons (Fsp3) is 0.318. The van der Waals surface area contributed by atoms with E-state index in [1.165, 1.54) is 11.8 Å². The number of nitrogens with one attached hydrogen (secondary N) is 1. The number of benzene rings is 2. The molecule has 29 heavy (non-hydrogen) atoms. The first kappa shape index (κ1) is 19.5. The van der Waals surface area contributed by atoms with E-state index in [4.69, 9.17) is 0 Å². The fourth-order valence-corrected chi connectivity index (χ4v) is 5.33. The highest BCUT2D eigenvalue weighted by Gasteiger charge is 2.57. The Morgan fingerprint density at radius 1 is 1.10 bits per heavy atom. The Morgan fingerprint density at radius 2 is 1.79 bits per heavy atom. The highest BCUT2D eigenvalue weighted by molar-refractivity contribution is 8.02. The second-order valence-corrected chi connectivity index (χ2v) is 8.41. The zero-order valence-electron chi connectivity index (χ0n) is 16.5. The number of anilines is 2. The minimum absolute atomic E-state index is 0.0270. The smallest absolute Gasteiger partial charge is 0.261 e. The number of rotatable bonds is 5. The number of hydrogen-bond donors (Lipinski definition) is 1. The van der Waals surface area contributed by atoms with Crippen molar-refractivity contribution in [3.05, 3.63) is 54.1 Å². The molecule has 2 heterocycles. The van der Waals surface area contributed by atoms with Crippen LogP contribution in [0.2, 0.25) is 0 Å².